The maximum atomic E-state index is 5.88. The molecule has 0 fully saturated rings. The van der Waals surface area contributed by atoms with Gasteiger partial charge in [-0.05, 0) is 31.5 Å². The molecule has 3 aromatic rings. The highest BCUT2D eigenvalue weighted by atomic mass is 35.5. The fourth-order valence-corrected chi connectivity index (χ4v) is 4.19. The average Bonchev–Trinajstić information content (AvgIpc) is 2.88. The van der Waals surface area contributed by atoms with Gasteiger partial charge < -0.3 is 16.4 Å². The van der Waals surface area contributed by atoms with Gasteiger partial charge in [0.2, 0.25) is 5.95 Å². The highest BCUT2D eigenvalue weighted by molar-refractivity contribution is 7.18. The summed E-state index contributed by atoms with van der Waals surface area (Å²) < 4.78 is 1.26. The molecule has 0 spiro atoms. The molecule has 1 aromatic carbocycles. The maximum Gasteiger partial charge on any atom is 0.222 e. The van der Waals surface area contributed by atoms with E-state index in [4.69, 9.17) is 10.7 Å². The van der Waals surface area contributed by atoms with E-state index in [9.17, 15) is 0 Å². The molecule has 6 nitrogen and oxygen atoms in total. The van der Waals surface area contributed by atoms with E-state index in [2.05, 4.69) is 38.8 Å². The normalized spacial score (nSPS) is 13.2. The number of rotatable bonds is 5. The second-order valence-electron chi connectivity index (χ2n) is 6.21. The molecule has 3 heterocycles. The summed E-state index contributed by atoms with van der Waals surface area (Å²) in [6.45, 7) is 2.76. The molecule has 27 heavy (non-hydrogen) atoms. The Kier molecular flexibility index (Phi) is 8.04. The third-order valence-corrected chi connectivity index (χ3v) is 5.49. The first kappa shape index (κ1) is 21.6. The fourth-order valence-electron chi connectivity index (χ4n) is 3.18. The molecule has 0 bridgehead atoms. The van der Waals surface area contributed by atoms with Gasteiger partial charge in [0.1, 0.15) is 5.82 Å². The predicted octanol–water partition coefficient (Wildman–Crippen LogP) is 3.25. The van der Waals surface area contributed by atoms with Crippen LogP contribution in [0.5, 0.6) is 0 Å². The van der Waals surface area contributed by atoms with Crippen LogP contribution in [0.25, 0.3) is 10.2 Å². The van der Waals surface area contributed by atoms with E-state index in [-0.39, 0.29) is 24.8 Å². The number of aromatic nitrogens is 3. The van der Waals surface area contributed by atoms with Crippen LogP contribution in [0.4, 0.5) is 11.8 Å². The number of hydrogen-bond donors (Lipinski definition) is 3. The minimum absolute atomic E-state index is 0. The van der Waals surface area contributed by atoms with E-state index >= 15 is 0 Å². The molecule has 0 amide bonds. The Balaban J connectivity index is 0.00000131. The van der Waals surface area contributed by atoms with Crippen LogP contribution < -0.4 is 16.4 Å². The highest BCUT2D eigenvalue weighted by Gasteiger charge is 2.15. The van der Waals surface area contributed by atoms with Crippen LogP contribution in [-0.2, 0) is 19.3 Å². The molecule has 1 aliphatic heterocycles. The van der Waals surface area contributed by atoms with Gasteiger partial charge in [-0.2, -0.15) is 4.98 Å². The molecule has 0 radical (unpaired) electrons. The van der Waals surface area contributed by atoms with Gasteiger partial charge in [0.15, 0.2) is 0 Å². The van der Waals surface area contributed by atoms with Gasteiger partial charge in [0.05, 0.1) is 20.9 Å². The van der Waals surface area contributed by atoms with Gasteiger partial charge in [-0.1, -0.05) is 12.1 Å². The number of thiazole rings is 1. The third kappa shape index (κ3) is 5.19. The number of fused-ring (bicyclic) bond motifs is 2. The number of hydrogen-bond acceptors (Lipinski definition) is 7. The van der Waals surface area contributed by atoms with Crippen LogP contribution in [0.1, 0.15) is 22.7 Å². The Labute approximate surface area is 175 Å². The lowest BCUT2D eigenvalue weighted by molar-refractivity contribution is 0.708. The summed E-state index contributed by atoms with van der Waals surface area (Å²) in [6, 6.07) is 8.29. The van der Waals surface area contributed by atoms with Crippen molar-refractivity contribution in [3.63, 3.8) is 0 Å². The molecule has 146 valence electrons. The van der Waals surface area contributed by atoms with Gasteiger partial charge in [-0.15, -0.1) is 36.2 Å². The number of aryl methyl sites for hydroxylation is 1. The second-order valence-corrected chi connectivity index (χ2v) is 7.33. The lowest BCUT2D eigenvalue weighted by atomic mass is 10.1. The number of benzene rings is 1. The fraction of sp³-hybridized carbons (Fsp3) is 0.389. The molecule has 4 rings (SSSR count). The molecule has 1 aliphatic rings. The van der Waals surface area contributed by atoms with Crippen molar-refractivity contribution in [2.75, 3.05) is 30.7 Å². The van der Waals surface area contributed by atoms with Crippen LogP contribution in [0, 0.1) is 0 Å². The van der Waals surface area contributed by atoms with Crippen molar-refractivity contribution >= 4 is 58.1 Å². The summed E-state index contributed by atoms with van der Waals surface area (Å²) in [5.74, 6) is 1.25. The van der Waals surface area contributed by atoms with E-state index in [1.165, 1.54) is 15.3 Å². The molecular formula is C18H24Cl2N6S. The lowest BCUT2D eigenvalue weighted by Gasteiger charge is -2.13. The Morgan fingerprint density at radius 1 is 1.07 bits per heavy atom. The molecule has 0 saturated carbocycles. The zero-order valence-corrected chi connectivity index (χ0v) is 17.4. The number of para-hydroxylation sites is 1. The van der Waals surface area contributed by atoms with Crippen LogP contribution in [0.3, 0.4) is 0 Å². The van der Waals surface area contributed by atoms with Crippen LogP contribution in [0.2, 0.25) is 0 Å². The Hall–Kier alpha value is -1.67. The SMILES string of the molecule is Cl.Cl.Nc1nc2c(c(NCCCc3nc4ccccc4s3)n1)CCNCC2. The van der Waals surface area contributed by atoms with Crippen LogP contribution >= 0.6 is 36.2 Å². The van der Waals surface area contributed by atoms with Gasteiger partial charge in [0, 0.05) is 31.5 Å². The monoisotopic (exact) mass is 426 g/mol. The largest absolute Gasteiger partial charge is 0.370 e. The number of anilines is 2. The van der Waals surface area contributed by atoms with Crippen molar-refractivity contribution in [1.29, 1.82) is 0 Å². The lowest BCUT2D eigenvalue weighted by Crippen LogP contribution is -2.16. The first-order valence-corrected chi connectivity index (χ1v) is 9.55. The first-order valence-electron chi connectivity index (χ1n) is 8.74. The quantitative estimate of drug-likeness (QED) is 0.542. The summed E-state index contributed by atoms with van der Waals surface area (Å²) >= 11 is 1.78. The highest BCUT2D eigenvalue weighted by Crippen LogP contribution is 2.23. The Morgan fingerprint density at radius 3 is 2.74 bits per heavy atom. The van der Waals surface area contributed by atoms with E-state index < -0.39 is 0 Å². The molecule has 0 saturated heterocycles. The Bertz CT molecular complexity index is 852. The number of nitrogens with two attached hydrogens (primary N) is 1. The topological polar surface area (TPSA) is 88.8 Å². The van der Waals surface area contributed by atoms with Crippen molar-refractivity contribution < 1.29 is 0 Å². The van der Waals surface area contributed by atoms with Gasteiger partial charge in [-0.3, -0.25) is 0 Å². The number of nitrogen functional groups attached to an aromatic ring is 1. The molecular weight excluding hydrogens is 403 g/mol. The standard InChI is InChI=1S/C18H22N6S.2ClH/c19-18-23-13-8-11-20-10-7-12(13)17(24-18)21-9-3-6-16-22-14-4-1-2-5-15(14)25-16;;/h1-2,4-5,20H,3,6-11H2,(H3,19,21,23,24);2*1H. The Morgan fingerprint density at radius 2 is 1.89 bits per heavy atom. The van der Waals surface area contributed by atoms with Crippen molar-refractivity contribution in [3.8, 4) is 0 Å². The van der Waals surface area contributed by atoms with E-state index in [1.54, 1.807) is 11.3 Å². The maximum absolute atomic E-state index is 5.88. The van der Waals surface area contributed by atoms with E-state index in [0.29, 0.717) is 5.95 Å². The number of nitrogens with one attached hydrogen (secondary N) is 2. The van der Waals surface area contributed by atoms with Gasteiger partial charge >= 0.3 is 0 Å². The van der Waals surface area contributed by atoms with E-state index in [0.717, 1.165) is 62.3 Å². The van der Waals surface area contributed by atoms with Crippen molar-refractivity contribution in [1.82, 2.24) is 20.3 Å². The van der Waals surface area contributed by atoms with Gasteiger partial charge in [0.25, 0.3) is 0 Å². The molecule has 0 atom stereocenters. The first-order chi connectivity index (χ1) is 12.3. The molecule has 0 aliphatic carbocycles. The molecule has 9 heteroatoms. The number of nitrogens with zero attached hydrogens (tertiary/aromatic N) is 3. The third-order valence-electron chi connectivity index (χ3n) is 4.40. The zero-order chi connectivity index (χ0) is 17.1. The minimum Gasteiger partial charge on any atom is -0.370 e. The molecule has 0 unspecified atom stereocenters. The average molecular weight is 427 g/mol. The summed E-state index contributed by atoms with van der Waals surface area (Å²) in [6.07, 6.45) is 3.83. The van der Waals surface area contributed by atoms with Gasteiger partial charge in [-0.25, -0.2) is 9.97 Å². The summed E-state index contributed by atoms with van der Waals surface area (Å²) in [5.41, 5.74) is 9.26. The van der Waals surface area contributed by atoms with Crippen LogP contribution in [0.15, 0.2) is 24.3 Å². The van der Waals surface area contributed by atoms with Crippen LogP contribution in [-0.4, -0.2) is 34.6 Å². The summed E-state index contributed by atoms with van der Waals surface area (Å²) in [4.78, 5) is 13.5. The molecule has 4 N–H and O–H groups in total. The minimum atomic E-state index is 0. The predicted molar refractivity (Wildman–Crippen MR) is 118 cm³/mol. The van der Waals surface area contributed by atoms with Crippen molar-refractivity contribution in [2.24, 2.45) is 0 Å². The van der Waals surface area contributed by atoms with Crippen molar-refractivity contribution in [3.05, 3.63) is 40.5 Å². The van der Waals surface area contributed by atoms with Crippen molar-refractivity contribution in [2.45, 2.75) is 25.7 Å². The summed E-state index contributed by atoms with van der Waals surface area (Å²) in [7, 11) is 0. The number of halogens is 2. The smallest absolute Gasteiger partial charge is 0.222 e. The zero-order valence-electron chi connectivity index (χ0n) is 14.9. The second kappa shape index (κ2) is 10.0. The molecule has 2 aromatic heterocycles. The summed E-state index contributed by atoms with van der Waals surface area (Å²) in [5, 5.41) is 8.05. The van der Waals surface area contributed by atoms with E-state index in [1.807, 2.05) is 6.07 Å².